The fourth-order valence-corrected chi connectivity index (χ4v) is 2.98. The van der Waals surface area contributed by atoms with Crippen LogP contribution in [0.1, 0.15) is 57.8 Å². The monoisotopic (exact) mass is 261 g/mol. The lowest BCUT2D eigenvalue weighted by Gasteiger charge is -2.44. The number of rotatable bonds is 4. The molecule has 1 saturated heterocycles. The Bertz CT molecular complexity index is 394. The summed E-state index contributed by atoms with van der Waals surface area (Å²) in [4.78, 5) is 0. The first-order valence-corrected chi connectivity index (χ1v) is 7.62. The first kappa shape index (κ1) is 14.5. The molecule has 106 valence electrons. The molecule has 2 unspecified atom stereocenters. The fourth-order valence-electron chi connectivity index (χ4n) is 2.98. The van der Waals surface area contributed by atoms with Gasteiger partial charge in [0.2, 0.25) is 0 Å². The predicted molar refractivity (Wildman–Crippen MR) is 80.4 cm³/mol. The van der Waals surface area contributed by atoms with Crippen molar-refractivity contribution in [2.24, 2.45) is 0 Å². The first-order chi connectivity index (χ1) is 9.14. The molecule has 1 heterocycles. The second-order valence-corrected chi connectivity index (χ2v) is 5.75. The smallest absolute Gasteiger partial charge is 0.0976 e. The molecule has 0 aromatic heterocycles. The maximum atomic E-state index is 6.19. The number of hydrogen-bond donors (Lipinski definition) is 1. The highest BCUT2D eigenvalue weighted by atomic mass is 16.5. The van der Waals surface area contributed by atoms with Crippen molar-refractivity contribution in [2.75, 3.05) is 6.61 Å². The zero-order chi connectivity index (χ0) is 13.9. The van der Waals surface area contributed by atoms with E-state index in [2.05, 4.69) is 57.3 Å². The van der Waals surface area contributed by atoms with E-state index in [4.69, 9.17) is 4.74 Å². The summed E-state index contributed by atoms with van der Waals surface area (Å²) in [5, 5.41) is 3.78. The van der Waals surface area contributed by atoms with E-state index in [1.165, 1.54) is 11.1 Å². The number of nitrogens with one attached hydrogen (secondary N) is 1. The van der Waals surface area contributed by atoms with Crippen LogP contribution in [0, 0.1) is 0 Å². The summed E-state index contributed by atoms with van der Waals surface area (Å²) < 4.78 is 6.19. The number of ether oxygens (including phenoxy) is 1. The minimum atomic E-state index is 0.166. The van der Waals surface area contributed by atoms with Gasteiger partial charge in [0, 0.05) is 11.6 Å². The Kier molecular flexibility index (Phi) is 4.64. The van der Waals surface area contributed by atoms with Gasteiger partial charge < -0.3 is 10.1 Å². The van der Waals surface area contributed by atoms with Crippen molar-refractivity contribution < 1.29 is 4.74 Å². The normalized spacial score (nSPS) is 26.3. The quantitative estimate of drug-likeness (QED) is 0.888. The van der Waals surface area contributed by atoms with Gasteiger partial charge in [-0.15, -0.1) is 0 Å². The van der Waals surface area contributed by atoms with Crippen LogP contribution in [0.25, 0.3) is 0 Å². The molecule has 0 amide bonds. The van der Waals surface area contributed by atoms with Gasteiger partial charge in [0.1, 0.15) is 0 Å². The van der Waals surface area contributed by atoms with Crippen LogP contribution in [-0.2, 0) is 11.2 Å². The van der Waals surface area contributed by atoms with E-state index >= 15 is 0 Å². The third-order valence-corrected chi connectivity index (χ3v) is 4.60. The summed E-state index contributed by atoms with van der Waals surface area (Å²) in [5.41, 5.74) is 2.84. The van der Waals surface area contributed by atoms with E-state index in [0.717, 1.165) is 25.9 Å². The molecular formula is C17H27NO. The molecule has 1 aromatic carbocycles. The highest BCUT2D eigenvalue weighted by molar-refractivity contribution is 5.25. The van der Waals surface area contributed by atoms with Crippen molar-refractivity contribution in [1.29, 1.82) is 0 Å². The van der Waals surface area contributed by atoms with Gasteiger partial charge in [-0.1, -0.05) is 45.0 Å². The van der Waals surface area contributed by atoms with Crippen molar-refractivity contribution in [1.82, 2.24) is 5.32 Å². The van der Waals surface area contributed by atoms with E-state index in [1.807, 2.05) is 0 Å². The summed E-state index contributed by atoms with van der Waals surface area (Å²) in [6.45, 7) is 9.71. The number of aryl methyl sites for hydroxylation is 1. The van der Waals surface area contributed by atoms with Crippen molar-refractivity contribution >= 4 is 0 Å². The fraction of sp³-hybridized carbons (Fsp3) is 0.647. The van der Waals surface area contributed by atoms with Gasteiger partial charge in [0.25, 0.3) is 0 Å². The number of hydrogen-bond acceptors (Lipinski definition) is 2. The zero-order valence-electron chi connectivity index (χ0n) is 12.7. The van der Waals surface area contributed by atoms with Gasteiger partial charge >= 0.3 is 0 Å². The molecule has 0 radical (unpaired) electrons. The molecule has 1 aliphatic heterocycles. The Labute approximate surface area is 117 Å². The lowest BCUT2D eigenvalue weighted by molar-refractivity contribution is -0.0632. The molecule has 0 spiro atoms. The molecule has 1 N–H and O–H groups in total. The first-order valence-electron chi connectivity index (χ1n) is 7.62. The Balaban J connectivity index is 2.10. The van der Waals surface area contributed by atoms with Crippen LogP contribution in [0.4, 0.5) is 0 Å². The van der Waals surface area contributed by atoms with Crippen LogP contribution in [0.5, 0.6) is 0 Å². The Morgan fingerprint density at radius 3 is 2.26 bits per heavy atom. The van der Waals surface area contributed by atoms with Crippen LogP contribution in [0.15, 0.2) is 24.3 Å². The largest absolute Gasteiger partial charge is 0.370 e. The number of benzene rings is 1. The van der Waals surface area contributed by atoms with E-state index in [0.29, 0.717) is 6.04 Å². The van der Waals surface area contributed by atoms with Gasteiger partial charge in [-0.2, -0.15) is 0 Å². The second kappa shape index (κ2) is 6.06. The molecule has 0 bridgehead atoms. The van der Waals surface area contributed by atoms with Gasteiger partial charge in [0.05, 0.1) is 12.7 Å². The summed E-state index contributed by atoms with van der Waals surface area (Å²) in [5.74, 6) is 0. The molecule has 1 fully saturated rings. The summed E-state index contributed by atoms with van der Waals surface area (Å²) in [6, 6.07) is 9.22. The molecule has 2 rings (SSSR count). The standard InChI is InChI=1S/C17H27NO/c1-5-14-8-10-15(11-9-14)16-13(4)18-17(6-2,7-3)12-19-16/h8-11,13,16,18H,5-7,12H2,1-4H3. The van der Waals surface area contributed by atoms with Crippen molar-refractivity contribution in [2.45, 2.75) is 64.6 Å². The highest BCUT2D eigenvalue weighted by Crippen LogP contribution is 2.31. The van der Waals surface area contributed by atoms with Crippen LogP contribution < -0.4 is 5.32 Å². The van der Waals surface area contributed by atoms with Crippen LogP contribution >= 0.6 is 0 Å². The van der Waals surface area contributed by atoms with Crippen molar-refractivity contribution in [3.63, 3.8) is 0 Å². The van der Waals surface area contributed by atoms with Crippen LogP contribution in [0.3, 0.4) is 0 Å². The molecule has 1 aliphatic rings. The lowest BCUT2D eigenvalue weighted by atomic mass is 9.88. The Morgan fingerprint density at radius 2 is 1.79 bits per heavy atom. The van der Waals surface area contributed by atoms with Crippen molar-refractivity contribution in [3.05, 3.63) is 35.4 Å². The minimum Gasteiger partial charge on any atom is -0.370 e. The zero-order valence-corrected chi connectivity index (χ0v) is 12.7. The van der Waals surface area contributed by atoms with Crippen LogP contribution in [-0.4, -0.2) is 18.2 Å². The molecule has 0 saturated carbocycles. The minimum absolute atomic E-state index is 0.166. The Hall–Kier alpha value is -0.860. The molecule has 19 heavy (non-hydrogen) atoms. The topological polar surface area (TPSA) is 21.3 Å². The molecule has 2 heteroatoms. The summed E-state index contributed by atoms with van der Waals surface area (Å²) in [6.07, 6.45) is 3.51. The van der Waals surface area contributed by atoms with E-state index in [-0.39, 0.29) is 11.6 Å². The molecular weight excluding hydrogens is 234 g/mol. The van der Waals surface area contributed by atoms with Gasteiger partial charge in [-0.25, -0.2) is 0 Å². The lowest BCUT2D eigenvalue weighted by Crippen LogP contribution is -2.58. The van der Waals surface area contributed by atoms with Crippen molar-refractivity contribution in [3.8, 4) is 0 Å². The second-order valence-electron chi connectivity index (χ2n) is 5.75. The maximum absolute atomic E-state index is 6.19. The molecule has 2 atom stereocenters. The summed E-state index contributed by atoms with van der Waals surface area (Å²) in [7, 11) is 0. The van der Waals surface area contributed by atoms with Gasteiger partial charge in [-0.3, -0.25) is 0 Å². The van der Waals surface area contributed by atoms with E-state index in [9.17, 15) is 0 Å². The third-order valence-electron chi connectivity index (χ3n) is 4.60. The number of morpholine rings is 1. The van der Waals surface area contributed by atoms with E-state index in [1.54, 1.807) is 0 Å². The average molecular weight is 261 g/mol. The van der Waals surface area contributed by atoms with Crippen LogP contribution in [0.2, 0.25) is 0 Å². The average Bonchev–Trinajstić information content (AvgIpc) is 2.47. The predicted octanol–water partition coefficient (Wildman–Crippen LogP) is 3.86. The molecule has 1 aromatic rings. The van der Waals surface area contributed by atoms with E-state index < -0.39 is 0 Å². The molecule has 0 aliphatic carbocycles. The SMILES string of the molecule is CCc1ccc(C2OCC(CC)(CC)NC2C)cc1. The molecule has 2 nitrogen and oxygen atoms in total. The maximum Gasteiger partial charge on any atom is 0.0976 e. The van der Waals surface area contributed by atoms with Gasteiger partial charge in [-0.05, 0) is 37.3 Å². The Morgan fingerprint density at radius 1 is 1.16 bits per heavy atom. The van der Waals surface area contributed by atoms with Gasteiger partial charge in [0.15, 0.2) is 0 Å². The summed E-state index contributed by atoms with van der Waals surface area (Å²) >= 11 is 0. The highest BCUT2D eigenvalue weighted by Gasteiger charge is 2.37. The third kappa shape index (κ3) is 3.01.